The number of thiophene rings is 1. The molecule has 3 N–H and O–H groups in total. The molecule has 0 bridgehead atoms. The first kappa shape index (κ1) is 29.1. The zero-order valence-electron chi connectivity index (χ0n) is 22.4. The summed E-state index contributed by atoms with van der Waals surface area (Å²) in [5, 5.41) is 14.5. The van der Waals surface area contributed by atoms with E-state index in [0.717, 1.165) is 40.7 Å². The predicted octanol–water partition coefficient (Wildman–Crippen LogP) is 5.90. The number of benzene rings is 2. The molecular formula is C30H30N2O6S2. The van der Waals surface area contributed by atoms with Gasteiger partial charge in [-0.2, -0.15) is 0 Å². The molecule has 1 heterocycles. The number of methoxy groups -OCH3 is 1. The number of hydrogen-bond donors (Lipinski definition) is 3. The van der Waals surface area contributed by atoms with Crippen LogP contribution in [0, 0.1) is 0 Å². The first-order valence-corrected chi connectivity index (χ1v) is 14.4. The van der Waals surface area contributed by atoms with Gasteiger partial charge in [-0.05, 0) is 74.4 Å². The smallest absolute Gasteiger partial charge is 0.341 e. The van der Waals surface area contributed by atoms with Crippen LogP contribution in [0.5, 0.6) is 0 Å². The lowest BCUT2D eigenvalue weighted by atomic mass is 9.83. The third-order valence-corrected chi connectivity index (χ3v) is 8.93. The largest absolute Gasteiger partial charge is 0.478 e. The average molecular weight is 579 g/mol. The van der Waals surface area contributed by atoms with Gasteiger partial charge in [0.1, 0.15) is 5.00 Å². The first-order valence-electron chi connectivity index (χ1n) is 12.7. The van der Waals surface area contributed by atoms with Crippen molar-refractivity contribution in [2.75, 3.05) is 17.7 Å². The Kier molecular flexibility index (Phi) is 9.44. The van der Waals surface area contributed by atoms with Crippen molar-refractivity contribution < 1.29 is 29.0 Å². The lowest BCUT2D eigenvalue weighted by Crippen LogP contribution is -2.23. The molecule has 0 aliphatic heterocycles. The zero-order valence-corrected chi connectivity index (χ0v) is 24.0. The van der Waals surface area contributed by atoms with E-state index in [4.69, 9.17) is 9.84 Å². The Morgan fingerprint density at radius 3 is 2.42 bits per heavy atom. The van der Waals surface area contributed by atoms with Crippen LogP contribution in [0.3, 0.4) is 0 Å². The second kappa shape index (κ2) is 13.0. The maximum Gasteiger partial charge on any atom is 0.341 e. The van der Waals surface area contributed by atoms with Gasteiger partial charge in [0.05, 0.1) is 17.9 Å². The van der Waals surface area contributed by atoms with Gasteiger partial charge in [-0.25, -0.2) is 9.59 Å². The molecule has 2 atom stereocenters. The first-order chi connectivity index (χ1) is 19.2. The molecule has 1 aliphatic carbocycles. The molecule has 208 valence electrons. The molecule has 2 aromatic carbocycles. The van der Waals surface area contributed by atoms with Crippen molar-refractivity contribution in [1.82, 2.24) is 0 Å². The minimum Gasteiger partial charge on any atom is -0.478 e. The van der Waals surface area contributed by atoms with E-state index in [9.17, 15) is 19.2 Å². The van der Waals surface area contributed by atoms with Crippen LogP contribution in [0.4, 0.5) is 10.7 Å². The lowest BCUT2D eigenvalue weighted by molar-refractivity contribution is -0.132. The number of esters is 1. The van der Waals surface area contributed by atoms with Gasteiger partial charge in [-0.15, -0.1) is 23.1 Å². The van der Waals surface area contributed by atoms with Gasteiger partial charge in [0.2, 0.25) is 11.8 Å². The molecule has 1 aromatic heterocycles. The summed E-state index contributed by atoms with van der Waals surface area (Å²) in [6.45, 7) is 3.13. The number of carbonyl (C=O) groups is 4. The second-order valence-electron chi connectivity index (χ2n) is 9.45. The molecule has 1 aliphatic rings. The van der Waals surface area contributed by atoms with Crippen molar-refractivity contribution in [2.24, 2.45) is 0 Å². The number of carboxylic acids is 1. The van der Waals surface area contributed by atoms with E-state index >= 15 is 0 Å². The highest BCUT2D eigenvalue weighted by Crippen LogP contribution is 2.43. The summed E-state index contributed by atoms with van der Waals surface area (Å²) in [6.07, 6.45) is 3.49. The van der Waals surface area contributed by atoms with Gasteiger partial charge in [-0.3, -0.25) is 9.59 Å². The number of carbonyl (C=O) groups excluding carboxylic acids is 3. The summed E-state index contributed by atoms with van der Waals surface area (Å²) < 4.78 is 5.07. The van der Waals surface area contributed by atoms with Crippen LogP contribution in [0.15, 0.2) is 71.1 Å². The number of anilines is 2. The molecule has 0 fully saturated rings. The molecule has 0 unspecified atom stereocenters. The van der Waals surface area contributed by atoms with Crippen molar-refractivity contribution in [3.05, 3.63) is 87.8 Å². The van der Waals surface area contributed by atoms with E-state index in [1.54, 1.807) is 31.2 Å². The molecule has 10 heteroatoms. The van der Waals surface area contributed by atoms with Crippen LogP contribution < -0.4 is 10.6 Å². The fourth-order valence-electron chi connectivity index (χ4n) is 4.53. The van der Waals surface area contributed by atoms with Crippen molar-refractivity contribution >= 4 is 57.5 Å². The number of ether oxygens (including phenoxy) is 1. The molecule has 0 spiro atoms. The van der Waals surface area contributed by atoms with E-state index in [1.807, 2.05) is 18.2 Å². The second-order valence-corrected chi connectivity index (χ2v) is 12.0. The summed E-state index contributed by atoms with van der Waals surface area (Å²) >= 11 is 2.79. The van der Waals surface area contributed by atoms with Gasteiger partial charge >= 0.3 is 11.9 Å². The van der Waals surface area contributed by atoms with Crippen LogP contribution in [0.25, 0.3) is 0 Å². The van der Waals surface area contributed by atoms with Crippen LogP contribution >= 0.6 is 23.1 Å². The Hall–Kier alpha value is -3.89. The highest BCUT2D eigenvalue weighted by Gasteiger charge is 2.31. The van der Waals surface area contributed by atoms with Gasteiger partial charge in [0, 0.05) is 27.1 Å². The average Bonchev–Trinajstić information content (AvgIpc) is 3.30. The standard InChI is InChI=1S/C30H30N2O6S2/c1-17(29(35)36)15-25(33)31-21-10-12-22(13-11-21)39-18(2)27(34)32-28-26(30(37)38-3)23-14-9-20(16-24(23)40-28)19-7-5-4-6-8-19/h4-8,10-13,15,18,20H,9,14,16H2,1-3H3,(H,31,33)(H,32,34)(H,35,36)/b17-15+/t18-,20+/m0/s1. The predicted molar refractivity (Wildman–Crippen MR) is 157 cm³/mol. The number of amides is 2. The summed E-state index contributed by atoms with van der Waals surface area (Å²) in [7, 11) is 1.35. The molecule has 0 saturated heterocycles. The minimum absolute atomic E-state index is 0.0672. The number of thioether (sulfide) groups is 1. The number of aliphatic carboxylic acids is 1. The normalized spacial score (nSPS) is 15.5. The minimum atomic E-state index is -1.16. The molecule has 3 aromatic rings. The zero-order chi connectivity index (χ0) is 28.8. The summed E-state index contributed by atoms with van der Waals surface area (Å²) in [4.78, 5) is 50.7. The van der Waals surface area contributed by atoms with Crippen LogP contribution in [0.1, 0.15) is 52.5 Å². The number of rotatable bonds is 9. The van der Waals surface area contributed by atoms with E-state index < -0.39 is 23.1 Å². The van der Waals surface area contributed by atoms with Crippen molar-refractivity contribution in [3.8, 4) is 0 Å². The van der Waals surface area contributed by atoms with Crippen molar-refractivity contribution in [3.63, 3.8) is 0 Å². The van der Waals surface area contributed by atoms with Crippen LogP contribution in [-0.2, 0) is 32.0 Å². The summed E-state index contributed by atoms with van der Waals surface area (Å²) in [6, 6.07) is 17.2. The van der Waals surface area contributed by atoms with Gasteiger partial charge < -0.3 is 20.5 Å². The van der Waals surface area contributed by atoms with Gasteiger partial charge in [0.15, 0.2) is 0 Å². The van der Waals surface area contributed by atoms with E-state index in [0.29, 0.717) is 22.2 Å². The highest BCUT2D eigenvalue weighted by molar-refractivity contribution is 8.00. The lowest BCUT2D eigenvalue weighted by Gasteiger charge is -2.22. The monoisotopic (exact) mass is 578 g/mol. The quantitative estimate of drug-likeness (QED) is 0.164. The molecule has 40 heavy (non-hydrogen) atoms. The summed E-state index contributed by atoms with van der Waals surface area (Å²) in [5.74, 6) is -2.02. The van der Waals surface area contributed by atoms with Gasteiger partial charge in [-0.1, -0.05) is 30.3 Å². The fraction of sp³-hybridized carbons (Fsp3) is 0.267. The topological polar surface area (TPSA) is 122 Å². The molecule has 8 nitrogen and oxygen atoms in total. The third kappa shape index (κ3) is 7.00. The van der Waals surface area contributed by atoms with E-state index in [1.165, 1.54) is 42.7 Å². The fourth-order valence-corrected chi connectivity index (χ4v) is 6.71. The van der Waals surface area contributed by atoms with Crippen LogP contribution in [-0.4, -0.2) is 41.2 Å². The Balaban J connectivity index is 1.42. The number of carboxylic acid groups (broad SMARTS) is 1. The molecule has 0 radical (unpaired) electrons. The molecule has 0 saturated carbocycles. The molecule has 2 amide bonds. The van der Waals surface area contributed by atoms with E-state index in [2.05, 4.69) is 22.8 Å². The van der Waals surface area contributed by atoms with Crippen molar-refractivity contribution in [2.45, 2.75) is 49.2 Å². The SMILES string of the molecule is COC(=O)c1c(NC(=O)[C@H](C)Sc2ccc(NC(=O)/C=C(\C)C(=O)O)cc2)sc2c1CC[C@@H](c1ccccc1)C2. The molecular weight excluding hydrogens is 548 g/mol. The van der Waals surface area contributed by atoms with Crippen molar-refractivity contribution in [1.29, 1.82) is 0 Å². The Morgan fingerprint density at radius 2 is 1.77 bits per heavy atom. The Bertz CT molecular complexity index is 1450. The number of nitrogens with one attached hydrogen (secondary N) is 2. The maximum absolute atomic E-state index is 13.2. The third-order valence-electron chi connectivity index (χ3n) is 6.65. The van der Waals surface area contributed by atoms with Gasteiger partial charge in [0.25, 0.3) is 0 Å². The van der Waals surface area contributed by atoms with Crippen LogP contribution in [0.2, 0.25) is 0 Å². The number of hydrogen-bond acceptors (Lipinski definition) is 7. The molecule has 4 rings (SSSR count). The highest BCUT2D eigenvalue weighted by atomic mass is 32.2. The Morgan fingerprint density at radius 1 is 1.07 bits per heavy atom. The summed E-state index contributed by atoms with van der Waals surface area (Å²) in [5.41, 5.74) is 3.12. The number of fused-ring (bicyclic) bond motifs is 1. The van der Waals surface area contributed by atoms with E-state index in [-0.39, 0.29) is 11.5 Å². The Labute approximate surface area is 240 Å². The maximum atomic E-state index is 13.2.